The van der Waals surface area contributed by atoms with E-state index in [1.54, 1.807) is 6.92 Å². The van der Waals surface area contributed by atoms with Gasteiger partial charge in [-0.2, -0.15) is 0 Å². The Morgan fingerprint density at radius 3 is 2.65 bits per heavy atom. The molecule has 1 rings (SSSR count). The standard InChI is InChI=1S/C14H26N2O4/c1-2-19-14(18)12(15)13(17)16-9-6-10-20-11-7-4-3-5-8-11/h11-12H,2-10,15H2,1H3,(H,16,17). The second-order valence-corrected chi connectivity index (χ2v) is 5.01. The minimum absolute atomic E-state index is 0.217. The highest BCUT2D eigenvalue weighted by Crippen LogP contribution is 2.20. The van der Waals surface area contributed by atoms with Crippen molar-refractivity contribution in [2.75, 3.05) is 19.8 Å². The predicted molar refractivity (Wildman–Crippen MR) is 75.1 cm³/mol. The van der Waals surface area contributed by atoms with Gasteiger partial charge in [-0.05, 0) is 26.2 Å². The molecule has 1 unspecified atom stereocenters. The molecule has 6 nitrogen and oxygen atoms in total. The molecule has 116 valence electrons. The lowest BCUT2D eigenvalue weighted by molar-refractivity contribution is -0.147. The zero-order valence-corrected chi connectivity index (χ0v) is 12.2. The zero-order chi connectivity index (χ0) is 14.8. The molecule has 0 heterocycles. The molecule has 6 heteroatoms. The van der Waals surface area contributed by atoms with Crippen LogP contribution in [0.2, 0.25) is 0 Å². The third kappa shape index (κ3) is 6.34. The summed E-state index contributed by atoms with van der Waals surface area (Å²) in [5.74, 6) is -1.19. The lowest BCUT2D eigenvalue weighted by Gasteiger charge is -2.22. The van der Waals surface area contributed by atoms with Crippen molar-refractivity contribution in [1.82, 2.24) is 5.32 Å². The number of hydrogen-bond acceptors (Lipinski definition) is 5. The highest BCUT2D eigenvalue weighted by molar-refractivity contribution is 6.01. The van der Waals surface area contributed by atoms with Crippen LogP contribution in [0.25, 0.3) is 0 Å². The summed E-state index contributed by atoms with van der Waals surface area (Å²) in [6.07, 6.45) is 7.17. The van der Waals surface area contributed by atoms with Crippen LogP contribution in [0, 0.1) is 0 Å². The number of nitrogens with one attached hydrogen (secondary N) is 1. The van der Waals surface area contributed by atoms with E-state index < -0.39 is 17.9 Å². The van der Waals surface area contributed by atoms with Gasteiger partial charge in [0.1, 0.15) is 0 Å². The lowest BCUT2D eigenvalue weighted by Crippen LogP contribution is -2.47. The normalized spacial score (nSPS) is 17.5. The van der Waals surface area contributed by atoms with Crippen LogP contribution in [0.15, 0.2) is 0 Å². The summed E-state index contributed by atoms with van der Waals surface area (Å²) in [5, 5.41) is 2.61. The van der Waals surface area contributed by atoms with Gasteiger partial charge < -0.3 is 20.5 Å². The molecule has 0 aromatic rings. The predicted octanol–water partition coefficient (Wildman–Crippen LogP) is 0.732. The maximum Gasteiger partial charge on any atom is 0.332 e. The highest BCUT2D eigenvalue weighted by atomic mass is 16.5. The number of ether oxygens (including phenoxy) is 2. The first kappa shape index (κ1) is 16.9. The van der Waals surface area contributed by atoms with E-state index in [9.17, 15) is 9.59 Å². The van der Waals surface area contributed by atoms with Gasteiger partial charge in [-0.25, -0.2) is 4.79 Å². The molecule has 0 radical (unpaired) electrons. The maximum absolute atomic E-state index is 11.5. The van der Waals surface area contributed by atoms with Crippen molar-refractivity contribution in [1.29, 1.82) is 0 Å². The van der Waals surface area contributed by atoms with Crippen LogP contribution in [-0.4, -0.2) is 43.8 Å². The van der Waals surface area contributed by atoms with E-state index in [2.05, 4.69) is 10.1 Å². The Labute approximate surface area is 120 Å². The van der Waals surface area contributed by atoms with Gasteiger partial charge in [0.05, 0.1) is 12.7 Å². The van der Waals surface area contributed by atoms with Crippen LogP contribution >= 0.6 is 0 Å². The summed E-state index contributed by atoms with van der Waals surface area (Å²) in [5.41, 5.74) is 5.46. The lowest BCUT2D eigenvalue weighted by atomic mass is 9.98. The molecule has 0 aromatic heterocycles. The van der Waals surface area contributed by atoms with E-state index in [1.807, 2.05) is 0 Å². The molecule has 3 N–H and O–H groups in total. The molecule has 0 aromatic carbocycles. The summed E-state index contributed by atoms with van der Waals surface area (Å²) < 4.78 is 10.4. The summed E-state index contributed by atoms with van der Waals surface area (Å²) in [6, 6.07) is -1.24. The number of nitrogens with two attached hydrogens (primary N) is 1. The first-order valence-electron chi connectivity index (χ1n) is 7.46. The molecule has 1 atom stereocenters. The molecular weight excluding hydrogens is 260 g/mol. The Bertz CT molecular complexity index is 304. The zero-order valence-electron chi connectivity index (χ0n) is 12.2. The second kappa shape index (κ2) is 9.72. The van der Waals surface area contributed by atoms with Crippen LogP contribution in [0.1, 0.15) is 45.4 Å². The van der Waals surface area contributed by atoms with Crippen LogP contribution in [0.4, 0.5) is 0 Å². The average Bonchev–Trinajstić information content (AvgIpc) is 2.47. The van der Waals surface area contributed by atoms with Gasteiger partial charge >= 0.3 is 5.97 Å². The van der Waals surface area contributed by atoms with Gasteiger partial charge in [-0.3, -0.25) is 4.79 Å². The molecule has 0 saturated heterocycles. The third-order valence-corrected chi connectivity index (χ3v) is 3.35. The van der Waals surface area contributed by atoms with Crippen LogP contribution in [-0.2, 0) is 19.1 Å². The first-order chi connectivity index (χ1) is 9.65. The highest BCUT2D eigenvalue weighted by Gasteiger charge is 2.22. The van der Waals surface area contributed by atoms with E-state index >= 15 is 0 Å². The molecule has 1 aliphatic rings. The fourth-order valence-corrected chi connectivity index (χ4v) is 2.21. The Balaban J connectivity index is 2.05. The van der Waals surface area contributed by atoms with E-state index in [1.165, 1.54) is 19.3 Å². The molecule has 0 bridgehead atoms. The smallest absolute Gasteiger partial charge is 0.332 e. The Morgan fingerprint density at radius 1 is 1.30 bits per heavy atom. The van der Waals surface area contributed by atoms with Crippen LogP contribution in [0.3, 0.4) is 0 Å². The van der Waals surface area contributed by atoms with Gasteiger partial charge in [-0.15, -0.1) is 0 Å². The molecule has 1 fully saturated rings. The molecule has 0 aliphatic heterocycles. The van der Waals surface area contributed by atoms with E-state index in [4.69, 9.17) is 10.5 Å². The van der Waals surface area contributed by atoms with Gasteiger partial charge in [0.15, 0.2) is 6.04 Å². The average molecular weight is 286 g/mol. The summed E-state index contributed by atoms with van der Waals surface area (Å²) >= 11 is 0. The molecule has 1 saturated carbocycles. The number of carbonyl (C=O) groups is 2. The summed E-state index contributed by atoms with van der Waals surface area (Å²) in [6.45, 7) is 2.97. The number of hydrogen-bond donors (Lipinski definition) is 2. The van der Waals surface area contributed by atoms with E-state index in [0.717, 1.165) is 19.3 Å². The van der Waals surface area contributed by atoms with E-state index in [0.29, 0.717) is 19.3 Å². The van der Waals surface area contributed by atoms with Gasteiger partial charge in [0.25, 0.3) is 0 Å². The van der Waals surface area contributed by atoms with Crippen molar-refractivity contribution in [3.8, 4) is 0 Å². The van der Waals surface area contributed by atoms with Crippen LogP contribution < -0.4 is 11.1 Å². The van der Waals surface area contributed by atoms with Crippen molar-refractivity contribution in [2.24, 2.45) is 5.73 Å². The van der Waals surface area contributed by atoms with Crippen molar-refractivity contribution >= 4 is 11.9 Å². The SMILES string of the molecule is CCOC(=O)C(N)C(=O)NCCCOC1CCCCC1. The molecule has 0 spiro atoms. The number of carbonyl (C=O) groups excluding carboxylic acids is 2. The van der Waals surface area contributed by atoms with Crippen LogP contribution in [0.5, 0.6) is 0 Å². The van der Waals surface area contributed by atoms with Gasteiger partial charge in [0.2, 0.25) is 5.91 Å². The first-order valence-corrected chi connectivity index (χ1v) is 7.46. The quantitative estimate of drug-likeness (QED) is 0.390. The Hall–Kier alpha value is -1.14. The molecule has 1 aliphatic carbocycles. The summed E-state index contributed by atoms with van der Waals surface area (Å²) in [4.78, 5) is 22.8. The fraction of sp³-hybridized carbons (Fsp3) is 0.857. The minimum Gasteiger partial charge on any atom is -0.464 e. The van der Waals surface area contributed by atoms with E-state index in [-0.39, 0.29) is 6.61 Å². The topological polar surface area (TPSA) is 90.7 Å². The monoisotopic (exact) mass is 286 g/mol. The molecule has 20 heavy (non-hydrogen) atoms. The van der Waals surface area contributed by atoms with Gasteiger partial charge in [0, 0.05) is 13.2 Å². The third-order valence-electron chi connectivity index (χ3n) is 3.35. The van der Waals surface area contributed by atoms with Crippen molar-refractivity contribution < 1.29 is 19.1 Å². The fourth-order valence-electron chi connectivity index (χ4n) is 2.21. The number of esters is 1. The number of rotatable bonds is 8. The second-order valence-electron chi connectivity index (χ2n) is 5.01. The number of amides is 1. The van der Waals surface area contributed by atoms with Crippen molar-refractivity contribution in [2.45, 2.75) is 57.6 Å². The van der Waals surface area contributed by atoms with Crippen molar-refractivity contribution in [3.63, 3.8) is 0 Å². The molecule has 1 amide bonds. The Kier molecular flexibility index (Phi) is 8.22. The van der Waals surface area contributed by atoms with Gasteiger partial charge in [-0.1, -0.05) is 19.3 Å². The largest absolute Gasteiger partial charge is 0.464 e. The minimum atomic E-state index is -1.24. The Morgan fingerprint density at radius 2 is 2.00 bits per heavy atom. The maximum atomic E-state index is 11.5. The summed E-state index contributed by atoms with van der Waals surface area (Å²) in [7, 11) is 0. The molecular formula is C14H26N2O4. The van der Waals surface area contributed by atoms with Crippen molar-refractivity contribution in [3.05, 3.63) is 0 Å².